The lowest BCUT2D eigenvalue weighted by atomic mass is 10.1. The highest BCUT2D eigenvalue weighted by molar-refractivity contribution is 6.38. The number of hydrogen-bond donors (Lipinski definition) is 0. The molecule has 0 bridgehead atoms. The van der Waals surface area contributed by atoms with Gasteiger partial charge in [0.15, 0.2) is 11.6 Å². The molecule has 0 saturated carbocycles. The molecule has 0 spiro atoms. The SMILES string of the molecule is COc1cc(/N=C2\C=CC3N=CC(c4cnn(C)c4)=NC3N2Cc2cc(C)on2)c(F)c(OC)c1. The molecule has 0 saturated heterocycles. The van der Waals surface area contributed by atoms with Gasteiger partial charge in [-0.3, -0.25) is 14.7 Å². The van der Waals surface area contributed by atoms with E-state index in [2.05, 4.69) is 15.2 Å². The number of rotatable bonds is 6. The Bertz CT molecular complexity index is 1370. The fourth-order valence-electron chi connectivity index (χ4n) is 3.98. The van der Waals surface area contributed by atoms with E-state index in [0.29, 0.717) is 35.3 Å². The third kappa shape index (κ3) is 4.44. The Labute approximate surface area is 201 Å². The minimum absolute atomic E-state index is 0.0409. The van der Waals surface area contributed by atoms with Crippen molar-refractivity contribution in [3.05, 3.63) is 65.6 Å². The van der Waals surface area contributed by atoms with Gasteiger partial charge in [0, 0.05) is 43.2 Å². The first kappa shape index (κ1) is 22.5. The van der Waals surface area contributed by atoms with Crippen LogP contribution in [0, 0.1) is 12.7 Å². The van der Waals surface area contributed by atoms with Crippen LogP contribution in [0.4, 0.5) is 10.1 Å². The Morgan fingerprint density at radius 3 is 2.74 bits per heavy atom. The number of benzene rings is 1. The van der Waals surface area contributed by atoms with Crippen LogP contribution in [0.1, 0.15) is 17.0 Å². The second-order valence-electron chi connectivity index (χ2n) is 8.15. The van der Waals surface area contributed by atoms with Crippen molar-refractivity contribution >= 4 is 23.4 Å². The van der Waals surface area contributed by atoms with Gasteiger partial charge in [0.1, 0.15) is 40.9 Å². The summed E-state index contributed by atoms with van der Waals surface area (Å²) >= 11 is 0. The quantitative estimate of drug-likeness (QED) is 0.540. The van der Waals surface area contributed by atoms with Crippen molar-refractivity contribution in [2.45, 2.75) is 25.7 Å². The molecule has 2 aliphatic heterocycles. The zero-order valence-corrected chi connectivity index (χ0v) is 19.7. The van der Waals surface area contributed by atoms with Crippen LogP contribution in [0.3, 0.4) is 0 Å². The molecule has 1 aromatic carbocycles. The number of aliphatic imine (C=N–C) groups is 3. The van der Waals surface area contributed by atoms with Gasteiger partial charge in [-0.1, -0.05) is 11.2 Å². The highest BCUT2D eigenvalue weighted by atomic mass is 19.1. The Hall–Kier alpha value is -4.28. The number of aromatic nitrogens is 3. The van der Waals surface area contributed by atoms with Gasteiger partial charge in [-0.05, 0) is 13.0 Å². The normalized spacial score (nSPS) is 20.2. The first-order valence-corrected chi connectivity index (χ1v) is 10.9. The standard InChI is InChI=1S/C24H24FN7O3/c1-14-7-16(30-35-14)13-32-22(28-19-8-17(33-3)9-21(34-4)23(19)25)6-5-18-24(32)29-20(11-26-18)15-10-27-31(2)12-15/h5-12,18,24H,13H2,1-4H3/b28-22+. The molecule has 11 heteroatoms. The summed E-state index contributed by atoms with van der Waals surface area (Å²) in [5.74, 6) is 1.06. The molecule has 0 fully saturated rings. The molecule has 2 atom stereocenters. The Kier molecular flexibility index (Phi) is 5.89. The van der Waals surface area contributed by atoms with Crippen molar-refractivity contribution in [3.8, 4) is 11.5 Å². The topological polar surface area (TPSA) is 103 Å². The van der Waals surface area contributed by atoms with Crippen molar-refractivity contribution in [3.63, 3.8) is 0 Å². The monoisotopic (exact) mass is 477 g/mol. The van der Waals surface area contributed by atoms with Crippen molar-refractivity contribution < 1.29 is 18.4 Å². The van der Waals surface area contributed by atoms with Crippen molar-refractivity contribution in [2.75, 3.05) is 14.2 Å². The highest BCUT2D eigenvalue weighted by Gasteiger charge is 2.34. The molecule has 0 aliphatic carbocycles. The predicted molar refractivity (Wildman–Crippen MR) is 128 cm³/mol. The van der Waals surface area contributed by atoms with Crippen LogP contribution in [0.15, 0.2) is 62.2 Å². The van der Waals surface area contributed by atoms with E-state index < -0.39 is 12.0 Å². The van der Waals surface area contributed by atoms with E-state index in [9.17, 15) is 0 Å². The minimum atomic E-state index is -0.588. The molecule has 10 nitrogen and oxygen atoms in total. The number of halogens is 1. The van der Waals surface area contributed by atoms with E-state index in [1.165, 1.54) is 26.4 Å². The first-order valence-electron chi connectivity index (χ1n) is 10.9. The number of nitrogens with zero attached hydrogens (tertiary/aromatic N) is 7. The largest absolute Gasteiger partial charge is 0.497 e. The van der Waals surface area contributed by atoms with E-state index in [0.717, 1.165) is 5.56 Å². The van der Waals surface area contributed by atoms with Crippen LogP contribution < -0.4 is 9.47 Å². The molecule has 4 heterocycles. The molecule has 2 aromatic heterocycles. The summed E-state index contributed by atoms with van der Waals surface area (Å²) in [7, 11) is 4.74. The summed E-state index contributed by atoms with van der Waals surface area (Å²) in [5, 5.41) is 8.37. The molecule has 0 amide bonds. The van der Waals surface area contributed by atoms with Crippen LogP contribution >= 0.6 is 0 Å². The third-order valence-electron chi connectivity index (χ3n) is 5.70. The lowest BCUT2D eigenvalue weighted by molar-refractivity contribution is 0.276. The summed E-state index contributed by atoms with van der Waals surface area (Å²) in [4.78, 5) is 16.2. The van der Waals surface area contributed by atoms with Crippen LogP contribution in [0.2, 0.25) is 0 Å². The number of aryl methyl sites for hydroxylation is 2. The maximum absolute atomic E-state index is 15.1. The van der Waals surface area contributed by atoms with Gasteiger partial charge in [-0.2, -0.15) is 5.10 Å². The summed E-state index contributed by atoms with van der Waals surface area (Å²) in [5.41, 5.74) is 2.32. The predicted octanol–water partition coefficient (Wildman–Crippen LogP) is 3.24. The average Bonchev–Trinajstić information content (AvgIpc) is 3.49. The smallest absolute Gasteiger partial charge is 0.190 e. The zero-order chi connectivity index (χ0) is 24.5. The van der Waals surface area contributed by atoms with Crippen molar-refractivity contribution in [2.24, 2.45) is 22.0 Å². The van der Waals surface area contributed by atoms with Crippen molar-refractivity contribution in [1.82, 2.24) is 19.8 Å². The molecule has 0 N–H and O–H groups in total. The highest BCUT2D eigenvalue weighted by Crippen LogP contribution is 2.34. The van der Waals surface area contributed by atoms with Gasteiger partial charge in [0.2, 0.25) is 0 Å². The van der Waals surface area contributed by atoms with Crippen LogP contribution in [0.25, 0.3) is 0 Å². The van der Waals surface area contributed by atoms with Gasteiger partial charge < -0.3 is 18.9 Å². The van der Waals surface area contributed by atoms with Gasteiger partial charge in [-0.25, -0.2) is 9.38 Å². The van der Waals surface area contributed by atoms with Gasteiger partial charge >= 0.3 is 0 Å². The number of hydrogen-bond acceptors (Lipinski definition) is 8. The maximum Gasteiger partial charge on any atom is 0.190 e. The fraction of sp³-hybridized carbons (Fsp3) is 0.292. The molecule has 5 rings (SSSR count). The lowest BCUT2D eigenvalue weighted by Gasteiger charge is -2.37. The number of amidine groups is 1. The summed E-state index contributed by atoms with van der Waals surface area (Å²) < 4.78 is 32.5. The minimum Gasteiger partial charge on any atom is -0.497 e. The lowest BCUT2D eigenvalue weighted by Crippen LogP contribution is -2.48. The molecular formula is C24H24FN7O3. The second kappa shape index (κ2) is 9.16. The van der Waals surface area contributed by atoms with Gasteiger partial charge in [-0.15, -0.1) is 0 Å². The summed E-state index contributed by atoms with van der Waals surface area (Å²) in [6.45, 7) is 2.16. The summed E-state index contributed by atoms with van der Waals surface area (Å²) in [6.07, 6.45) is 8.65. The second-order valence-corrected chi connectivity index (χ2v) is 8.15. The molecular weight excluding hydrogens is 453 g/mol. The van der Waals surface area contributed by atoms with Gasteiger partial charge in [0.25, 0.3) is 0 Å². The Morgan fingerprint density at radius 2 is 2.06 bits per heavy atom. The van der Waals surface area contributed by atoms with E-state index in [1.54, 1.807) is 23.2 Å². The Morgan fingerprint density at radius 1 is 1.20 bits per heavy atom. The van der Waals surface area contributed by atoms with Crippen molar-refractivity contribution in [1.29, 1.82) is 0 Å². The molecule has 0 radical (unpaired) electrons. The number of methoxy groups -OCH3 is 2. The molecule has 2 unspecified atom stereocenters. The van der Waals surface area contributed by atoms with Crippen LogP contribution in [0.5, 0.6) is 11.5 Å². The van der Waals surface area contributed by atoms with E-state index >= 15 is 4.39 Å². The number of ether oxygens (including phenoxy) is 2. The van der Waals surface area contributed by atoms with E-state index in [4.69, 9.17) is 24.0 Å². The first-order chi connectivity index (χ1) is 16.9. The zero-order valence-electron chi connectivity index (χ0n) is 19.7. The molecule has 35 heavy (non-hydrogen) atoms. The third-order valence-corrected chi connectivity index (χ3v) is 5.70. The molecule has 3 aromatic rings. The van der Waals surface area contributed by atoms with Crippen LogP contribution in [-0.4, -0.2) is 64.0 Å². The Balaban J connectivity index is 1.59. The maximum atomic E-state index is 15.1. The molecule has 2 aliphatic rings. The molecule has 180 valence electrons. The fourth-order valence-corrected chi connectivity index (χ4v) is 3.98. The summed E-state index contributed by atoms with van der Waals surface area (Å²) in [6, 6.07) is 4.60. The van der Waals surface area contributed by atoms with Gasteiger partial charge in [0.05, 0.1) is 32.7 Å². The van der Waals surface area contributed by atoms with E-state index in [1.807, 2.05) is 37.2 Å². The van der Waals surface area contributed by atoms with E-state index in [-0.39, 0.29) is 17.5 Å². The average molecular weight is 478 g/mol. The number of fused-ring (bicyclic) bond motifs is 1. The van der Waals surface area contributed by atoms with Crippen LogP contribution in [-0.2, 0) is 13.6 Å².